The SMILES string of the molecule is CN(C)C1CCN(Cc2cc(F)ccc2C#N)C1. The molecule has 1 unspecified atom stereocenters. The summed E-state index contributed by atoms with van der Waals surface area (Å²) in [6.45, 7) is 2.64. The number of likely N-dealkylation sites (tertiary alicyclic amines) is 1. The lowest BCUT2D eigenvalue weighted by atomic mass is 10.1. The van der Waals surface area contributed by atoms with Crippen molar-refractivity contribution < 1.29 is 4.39 Å². The molecule has 1 aliphatic rings. The fourth-order valence-corrected chi connectivity index (χ4v) is 2.42. The van der Waals surface area contributed by atoms with Crippen molar-refractivity contribution >= 4 is 0 Å². The third kappa shape index (κ3) is 2.87. The first-order valence-electron chi connectivity index (χ1n) is 6.17. The molecule has 0 amide bonds. The minimum Gasteiger partial charge on any atom is -0.305 e. The molecule has 18 heavy (non-hydrogen) atoms. The van der Waals surface area contributed by atoms with Crippen LogP contribution in [0.2, 0.25) is 0 Å². The molecular weight excluding hydrogens is 229 g/mol. The molecule has 1 atom stereocenters. The second-order valence-corrected chi connectivity index (χ2v) is 5.05. The Hall–Kier alpha value is -1.44. The zero-order chi connectivity index (χ0) is 13.1. The Kier molecular flexibility index (Phi) is 3.95. The van der Waals surface area contributed by atoms with Crippen LogP contribution in [-0.4, -0.2) is 43.0 Å². The molecule has 0 radical (unpaired) electrons. The van der Waals surface area contributed by atoms with Crippen LogP contribution < -0.4 is 0 Å². The van der Waals surface area contributed by atoms with Crippen LogP contribution in [0.15, 0.2) is 18.2 Å². The highest BCUT2D eigenvalue weighted by Gasteiger charge is 2.24. The van der Waals surface area contributed by atoms with Gasteiger partial charge in [0.05, 0.1) is 11.6 Å². The number of rotatable bonds is 3. The minimum absolute atomic E-state index is 0.271. The van der Waals surface area contributed by atoms with Gasteiger partial charge in [0.15, 0.2) is 0 Å². The average molecular weight is 247 g/mol. The molecule has 0 spiro atoms. The van der Waals surface area contributed by atoms with Crippen LogP contribution >= 0.6 is 0 Å². The first-order valence-corrected chi connectivity index (χ1v) is 6.17. The highest BCUT2D eigenvalue weighted by molar-refractivity contribution is 5.37. The van der Waals surface area contributed by atoms with E-state index >= 15 is 0 Å². The molecule has 0 aromatic heterocycles. The highest BCUT2D eigenvalue weighted by atomic mass is 19.1. The Bertz CT molecular complexity index is 465. The van der Waals surface area contributed by atoms with Crippen molar-refractivity contribution in [3.63, 3.8) is 0 Å². The Labute approximate surface area is 107 Å². The van der Waals surface area contributed by atoms with Crippen molar-refractivity contribution in [3.05, 3.63) is 35.1 Å². The lowest BCUT2D eigenvalue weighted by molar-refractivity contribution is 0.264. The third-order valence-electron chi connectivity index (χ3n) is 3.56. The number of likely N-dealkylation sites (N-methyl/N-ethyl adjacent to an activating group) is 1. The number of nitrogens with zero attached hydrogens (tertiary/aromatic N) is 3. The van der Waals surface area contributed by atoms with Crippen LogP contribution in [0.1, 0.15) is 17.5 Å². The summed E-state index contributed by atoms with van der Waals surface area (Å²) in [4.78, 5) is 4.50. The van der Waals surface area contributed by atoms with E-state index in [4.69, 9.17) is 5.26 Å². The van der Waals surface area contributed by atoms with Crippen LogP contribution in [0.25, 0.3) is 0 Å². The Morgan fingerprint density at radius 1 is 1.50 bits per heavy atom. The maximum absolute atomic E-state index is 13.2. The number of halogens is 1. The van der Waals surface area contributed by atoms with E-state index in [1.807, 2.05) is 0 Å². The number of nitriles is 1. The molecular formula is C14H18FN3. The smallest absolute Gasteiger partial charge is 0.123 e. The van der Waals surface area contributed by atoms with Crippen molar-refractivity contribution in [1.82, 2.24) is 9.80 Å². The summed E-state index contributed by atoms with van der Waals surface area (Å²) in [5, 5.41) is 9.02. The summed E-state index contributed by atoms with van der Waals surface area (Å²) in [5.41, 5.74) is 1.36. The molecule has 96 valence electrons. The first-order chi connectivity index (χ1) is 8.60. The zero-order valence-electron chi connectivity index (χ0n) is 10.9. The Balaban J connectivity index is 2.07. The monoisotopic (exact) mass is 247 g/mol. The minimum atomic E-state index is -0.271. The van der Waals surface area contributed by atoms with Crippen LogP contribution in [0, 0.1) is 17.1 Å². The zero-order valence-corrected chi connectivity index (χ0v) is 10.9. The molecule has 1 aromatic rings. The molecule has 0 N–H and O–H groups in total. The van der Waals surface area contributed by atoms with E-state index in [9.17, 15) is 4.39 Å². The van der Waals surface area contributed by atoms with Gasteiger partial charge in [-0.05, 0) is 44.3 Å². The quantitative estimate of drug-likeness (QED) is 0.816. The van der Waals surface area contributed by atoms with Crippen molar-refractivity contribution in [2.75, 3.05) is 27.2 Å². The van der Waals surface area contributed by atoms with Crippen LogP contribution in [0.5, 0.6) is 0 Å². The summed E-state index contributed by atoms with van der Waals surface area (Å²) in [6, 6.07) is 7.06. The lowest BCUT2D eigenvalue weighted by Crippen LogP contribution is -2.31. The molecule has 1 heterocycles. The molecule has 1 saturated heterocycles. The fourth-order valence-electron chi connectivity index (χ4n) is 2.42. The number of benzene rings is 1. The van der Waals surface area contributed by atoms with Gasteiger partial charge in [0, 0.05) is 25.7 Å². The summed E-state index contributed by atoms with van der Waals surface area (Å²) < 4.78 is 13.2. The van der Waals surface area contributed by atoms with E-state index in [0.717, 1.165) is 25.1 Å². The molecule has 1 aliphatic heterocycles. The molecule has 1 fully saturated rings. The van der Waals surface area contributed by atoms with E-state index in [-0.39, 0.29) is 5.82 Å². The predicted molar refractivity (Wildman–Crippen MR) is 68.5 cm³/mol. The maximum Gasteiger partial charge on any atom is 0.123 e. The van der Waals surface area contributed by atoms with Crippen molar-refractivity contribution in [1.29, 1.82) is 5.26 Å². The Morgan fingerprint density at radius 3 is 2.89 bits per heavy atom. The molecule has 0 bridgehead atoms. The van der Waals surface area contributed by atoms with Crippen molar-refractivity contribution in [2.24, 2.45) is 0 Å². The predicted octanol–water partition coefficient (Wildman–Crippen LogP) is 1.83. The average Bonchev–Trinajstić information content (AvgIpc) is 2.78. The normalized spacial score (nSPS) is 20.3. The van der Waals surface area contributed by atoms with Gasteiger partial charge in [-0.1, -0.05) is 0 Å². The summed E-state index contributed by atoms with van der Waals surface area (Å²) in [7, 11) is 4.16. The highest BCUT2D eigenvalue weighted by Crippen LogP contribution is 2.19. The first kappa shape index (κ1) is 13.0. The molecule has 3 nitrogen and oxygen atoms in total. The van der Waals surface area contributed by atoms with E-state index < -0.39 is 0 Å². The molecule has 0 saturated carbocycles. The van der Waals surface area contributed by atoms with E-state index in [1.165, 1.54) is 12.1 Å². The Morgan fingerprint density at radius 2 is 2.28 bits per heavy atom. The van der Waals surface area contributed by atoms with Gasteiger partial charge < -0.3 is 4.90 Å². The second kappa shape index (κ2) is 5.47. The largest absolute Gasteiger partial charge is 0.305 e. The topological polar surface area (TPSA) is 30.3 Å². The molecule has 4 heteroatoms. The van der Waals surface area contributed by atoms with E-state index in [1.54, 1.807) is 6.07 Å². The van der Waals surface area contributed by atoms with Crippen LogP contribution in [0.4, 0.5) is 4.39 Å². The summed E-state index contributed by atoms with van der Waals surface area (Å²) in [5.74, 6) is -0.271. The van der Waals surface area contributed by atoms with Gasteiger partial charge in [-0.15, -0.1) is 0 Å². The second-order valence-electron chi connectivity index (χ2n) is 5.05. The standard InChI is InChI=1S/C14H18FN3/c1-17(2)14-5-6-18(10-14)9-12-7-13(15)4-3-11(12)8-16/h3-4,7,14H,5-6,9-10H2,1-2H3. The fraction of sp³-hybridized carbons (Fsp3) is 0.500. The van der Waals surface area contributed by atoms with Gasteiger partial charge in [0.25, 0.3) is 0 Å². The van der Waals surface area contributed by atoms with Gasteiger partial charge in [-0.25, -0.2) is 4.39 Å². The lowest BCUT2D eigenvalue weighted by Gasteiger charge is -2.20. The molecule has 0 aliphatic carbocycles. The summed E-state index contributed by atoms with van der Waals surface area (Å²) in [6.07, 6.45) is 1.13. The van der Waals surface area contributed by atoms with Crippen LogP contribution in [-0.2, 0) is 6.54 Å². The molecule has 2 rings (SSSR count). The summed E-state index contributed by atoms with van der Waals surface area (Å²) >= 11 is 0. The van der Waals surface area contributed by atoms with Gasteiger partial charge in [0.2, 0.25) is 0 Å². The van der Waals surface area contributed by atoms with E-state index in [2.05, 4.69) is 30.0 Å². The van der Waals surface area contributed by atoms with Gasteiger partial charge >= 0.3 is 0 Å². The van der Waals surface area contributed by atoms with Crippen LogP contribution in [0.3, 0.4) is 0 Å². The molecule has 1 aromatic carbocycles. The maximum atomic E-state index is 13.2. The van der Waals surface area contributed by atoms with E-state index in [0.29, 0.717) is 18.2 Å². The van der Waals surface area contributed by atoms with Crippen molar-refractivity contribution in [3.8, 4) is 6.07 Å². The van der Waals surface area contributed by atoms with Gasteiger partial charge in [0.1, 0.15) is 5.82 Å². The number of hydrogen-bond acceptors (Lipinski definition) is 3. The third-order valence-corrected chi connectivity index (χ3v) is 3.56. The van der Waals surface area contributed by atoms with Gasteiger partial charge in [-0.3, -0.25) is 4.90 Å². The van der Waals surface area contributed by atoms with Crippen molar-refractivity contribution in [2.45, 2.75) is 19.0 Å². The van der Waals surface area contributed by atoms with Gasteiger partial charge in [-0.2, -0.15) is 5.26 Å². The number of hydrogen-bond donors (Lipinski definition) is 0.